The zero-order chi connectivity index (χ0) is 17.4. The molecule has 0 fully saturated rings. The van der Waals surface area contributed by atoms with Gasteiger partial charge < -0.3 is 20.6 Å². The first-order valence-corrected chi connectivity index (χ1v) is 7.85. The van der Waals surface area contributed by atoms with Crippen LogP contribution in [0.15, 0.2) is 18.2 Å². The summed E-state index contributed by atoms with van der Waals surface area (Å²) in [5.74, 6) is -1.39. The van der Waals surface area contributed by atoms with Crippen LogP contribution in [-0.2, 0) is 9.59 Å². The van der Waals surface area contributed by atoms with Gasteiger partial charge in [0.05, 0.1) is 6.42 Å². The molecule has 0 bridgehead atoms. The highest BCUT2D eigenvalue weighted by Gasteiger charge is 2.21. The molecular weight excluding hydrogens is 318 g/mol. The van der Waals surface area contributed by atoms with Gasteiger partial charge in [0.1, 0.15) is 6.04 Å². The second-order valence-corrected chi connectivity index (χ2v) is 6.07. The van der Waals surface area contributed by atoms with Gasteiger partial charge in [0.2, 0.25) is 5.91 Å². The van der Waals surface area contributed by atoms with Crippen molar-refractivity contribution in [2.24, 2.45) is 0 Å². The summed E-state index contributed by atoms with van der Waals surface area (Å²) in [5.41, 5.74) is 1.35. The molecule has 1 aromatic carbocycles. The molecule has 0 saturated heterocycles. The molecule has 1 aromatic rings. The van der Waals surface area contributed by atoms with E-state index in [0.29, 0.717) is 17.3 Å². The van der Waals surface area contributed by atoms with Crippen molar-refractivity contribution in [3.8, 4) is 0 Å². The van der Waals surface area contributed by atoms with E-state index in [4.69, 9.17) is 11.6 Å². The number of amides is 1. The lowest BCUT2D eigenvalue weighted by atomic mass is 10.1. The van der Waals surface area contributed by atoms with Crippen molar-refractivity contribution in [2.75, 3.05) is 32.5 Å². The molecule has 0 aliphatic heterocycles. The summed E-state index contributed by atoms with van der Waals surface area (Å²) >= 11 is 6.00. The molecule has 0 aliphatic rings. The number of anilines is 1. The van der Waals surface area contributed by atoms with Gasteiger partial charge in [-0.15, -0.1) is 0 Å². The zero-order valence-corrected chi connectivity index (χ0v) is 14.5. The molecule has 0 aromatic heterocycles. The van der Waals surface area contributed by atoms with Crippen LogP contribution in [-0.4, -0.2) is 55.1 Å². The van der Waals surface area contributed by atoms with E-state index in [2.05, 4.69) is 10.6 Å². The maximum atomic E-state index is 12.1. The van der Waals surface area contributed by atoms with Crippen molar-refractivity contribution in [2.45, 2.75) is 25.8 Å². The van der Waals surface area contributed by atoms with Crippen molar-refractivity contribution in [1.29, 1.82) is 0 Å². The number of carboxylic acids is 1. The smallest absolute Gasteiger partial charge is 0.321 e. The lowest BCUT2D eigenvalue weighted by Crippen LogP contribution is -2.40. The van der Waals surface area contributed by atoms with Crippen LogP contribution in [0.2, 0.25) is 5.02 Å². The number of benzene rings is 1. The number of carbonyl (C=O) groups is 2. The van der Waals surface area contributed by atoms with E-state index in [1.165, 1.54) is 0 Å². The Kier molecular flexibility index (Phi) is 8.02. The Morgan fingerprint density at radius 2 is 2.04 bits per heavy atom. The fourth-order valence-corrected chi connectivity index (χ4v) is 2.22. The predicted octanol–water partition coefficient (Wildman–Crippen LogP) is 1.97. The molecule has 0 saturated carbocycles. The molecule has 0 spiro atoms. The minimum absolute atomic E-state index is 0.136. The molecule has 1 atom stereocenters. The number of hydrogen-bond acceptors (Lipinski definition) is 4. The summed E-state index contributed by atoms with van der Waals surface area (Å²) in [7, 11) is 3.91. The third-order valence-electron chi connectivity index (χ3n) is 3.40. The number of carboxylic acid groups (broad SMARTS) is 1. The number of nitrogens with one attached hydrogen (secondary N) is 2. The lowest BCUT2D eigenvalue weighted by Gasteiger charge is -2.16. The van der Waals surface area contributed by atoms with E-state index in [9.17, 15) is 14.7 Å². The van der Waals surface area contributed by atoms with Crippen LogP contribution in [0.5, 0.6) is 0 Å². The summed E-state index contributed by atoms with van der Waals surface area (Å²) in [6.07, 6.45) is 0.676. The Balaban J connectivity index is 2.54. The third kappa shape index (κ3) is 6.99. The standard InChI is InChI=1S/C16H24ClN3O3/c1-11-12(17)6-4-7-13(11)19-15(21)10-14(16(22)23)18-8-5-9-20(2)3/h4,6-7,14,18H,5,8-10H2,1-3H3,(H,19,21)(H,22,23). The van der Waals surface area contributed by atoms with Gasteiger partial charge >= 0.3 is 5.97 Å². The monoisotopic (exact) mass is 341 g/mol. The topological polar surface area (TPSA) is 81.7 Å². The number of carbonyl (C=O) groups excluding carboxylic acids is 1. The van der Waals surface area contributed by atoms with E-state index in [1.54, 1.807) is 25.1 Å². The van der Waals surface area contributed by atoms with Crippen LogP contribution in [0.4, 0.5) is 5.69 Å². The first-order chi connectivity index (χ1) is 10.8. The molecule has 23 heavy (non-hydrogen) atoms. The second-order valence-electron chi connectivity index (χ2n) is 5.67. The highest BCUT2D eigenvalue weighted by Crippen LogP contribution is 2.23. The number of halogens is 1. The molecule has 0 radical (unpaired) electrons. The van der Waals surface area contributed by atoms with E-state index in [0.717, 1.165) is 18.5 Å². The van der Waals surface area contributed by atoms with Crippen molar-refractivity contribution in [3.05, 3.63) is 28.8 Å². The minimum Gasteiger partial charge on any atom is -0.480 e. The van der Waals surface area contributed by atoms with E-state index in [-0.39, 0.29) is 12.3 Å². The fraction of sp³-hybridized carbons (Fsp3) is 0.500. The summed E-state index contributed by atoms with van der Waals surface area (Å²) in [4.78, 5) is 25.3. The van der Waals surface area contributed by atoms with Gasteiger partial charge in [0.25, 0.3) is 0 Å². The van der Waals surface area contributed by atoms with Gasteiger partial charge in [-0.2, -0.15) is 0 Å². The van der Waals surface area contributed by atoms with Crippen molar-refractivity contribution >= 4 is 29.2 Å². The normalized spacial score (nSPS) is 12.2. The molecule has 1 unspecified atom stereocenters. The van der Waals surface area contributed by atoms with Gasteiger partial charge in [0, 0.05) is 10.7 Å². The first-order valence-electron chi connectivity index (χ1n) is 7.47. The van der Waals surface area contributed by atoms with Crippen LogP contribution in [0.25, 0.3) is 0 Å². The summed E-state index contributed by atoms with van der Waals surface area (Å²) in [5, 5.41) is 15.4. The second kappa shape index (κ2) is 9.50. The van der Waals surface area contributed by atoms with Crippen molar-refractivity contribution in [1.82, 2.24) is 10.2 Å². The Morgan fingerprint density at radius 3 is 2.65 bits per heavy atom. The molecule has 1 amide bonds. The van der Waals surface area contributed by atoms with E-state index >= 15 is 0 Å². The van der Waals surface area contributed by atoms with Crippen LogP contribution >= 0.6 is 11.6 Å². The van der Waals surface area contributed by atoms with Gasteiger partial charge in [0.15, 0.2) is 0 Å². The van der Waals surface area contributed by atoms with Crippen LogP contribution in [0.1, 0.15) is 18.4 Å². The number of rotatable bonds is 9. The third-order valence-corrected chi connectivity index (χ3v) is 3.81. The average molecular weight is 342 g/mol. The Bertz CT molecular complexity index is 549. The van der Waals surface area contributed by atoms with Crippen molar-refractivity contribution < 1.29 is 14.7 Å². The van der Waals surface area contributed by atoms with E-state index < -0.39 is 12.0 Å². The van der Waals surface area contributed by atoms with Gasteiger partial charge in [-0.3, -0.25) is 9.59 Å². The molecule has 128 valence electrons. The summed E-state index contributed by atoms with van der Waals surface area (Å²) in [6, 6.07) is 4.30. The fourth-order valence-electron chi connectivity index (χ4n) is 2.05. The lowest BCUT2D eigenvalue weighted by molar-refractivity contribution is -0.141. The van der Waals surface area contributed by atoms with E-state index in [1.807, 2.05) is 19.0 Å². The molecule has 0 aliphatic carbocycles. The maximum Gasteiger partial charge on any atom is 0.321 e. The van der Waals surface area contributed by atoms with Crippen LogP contribution < -0.4 is 10.6 Å². The summed E-state index contributed by atoms with van der Waals surface area (Å²) in [6.45, 7) is 3.19. The molecule has 0 heterocycles. The molecule has 7 heteroatoms. The summed E-state index contributed by atoms with van der Waals surface area (Å²) < 4.78 is 0. The quantitative estimate of drug-likeness (QED) is 0.598. The number of nitrogens with zero attached hydrogens (tertiary/aromatic N) is 1. The molecule has 3 N–H and O–H groups in total. The first kappa shape index (κ1) is 19.4. The van der Waals surface area contributed by atoms with Gasteiger partial charge in [-0.05, 0) is 58.2 Å². The maximum absolute atomic E-state index is 12.1. The Morgan fingerprint density at radius 1 is 1.35 bits per heavy atom. The zero-order valence-electron chi connectivity index (χ0n) is 13.7. The molecule has 1 rings (SSSR count). The van der Waals surface area contributed by atoms with Crippen LogP contribution in [0, 0.1) is 6.92 Å². The minimum atomic E-state index is -1.03. The number of hydrogen-bond donors (Lipinski definition) is 3. The highest BCUT2D eigenvalue weighted by atomic mass is 35.5. The Labute approximate surface area is 141 Å². The molecular formula is C16H24ClN3O3. The largest absolute Gasteiger partial charge is 0.480 e. The number of aliphatic carboxylic acids is 1. The SMILES string of the molecule is Cc1c(Cl)cccc1NC(=O)CC(NCCCN(C)C)C(=O)O. The van der Waals surface area contributed by atoms with Gasteiger partial charge in [-0.25, -0.2) is 0 Å². The molecule has 6 nitrogen and oxygen atoms in total. The highest BCUT2D eigenvalue weighted by molar-refractivity contribution is 6.31. The predicted molar refractivity (Wildman–Crippen MR) is 92.0 cm³/mol. The Hall–Kier alpha value is -1.63. The van der Waals surface area contributed by atoms with Crippen molar-refractivity contribution in [3.63, 3.8) is 0 Å². The van der Waals surface area contributed by atoms with Gasteiger partial charge in [-0.1, -0.05) is 17.7 Å². The van der Waals surface area contributed by atoms with Crippen LogP contribution in [0.3, 0.4) is 0 Å². The average Bonchev–Trinajstić information content (AvgIpc) is 2.46.